The summed E-state index contributed by atoms with van der Waals surface area (Å²) in [6.07, 6.45) is 3.37. The van der Waals surface area contributed by atoms with Gasteiger partial charge in [-0.2, -0.15) is 10.2 Å². The summed E-state index contributed by atoms with van der Waals surface area (Å²) in [4.78, 5) is 10.8. The summed E-state index contributed by atoms with van der Waals surface area (Å²) in [5.41, 5.74) is 10.6. The molecule has 0 radical (unpaired) electrons. The minimum Gasteiger partial charge on any atom is -0.350 e. The molecule has 24 heavy (non-hydrogen) atoms. The van der Waals surface area contributed by atoms with Gasteiger partial charge in [-0.25, -0.2) is 14.9 Å². The molecule has 0 unspecified atom stereocenters. The molecule has 1 heterocycles. The van der Waals surface area contributed by atoms with Gasteiger partial charge in [-0.05, 0) is 24.3 Å². The van der Waals surface area contributed by atoms with Crippen molar-refractivity contribution in [1.29, 1.82) is 0 Å². The molecule has 3 aromatic rings. The van der Waals surface area contributed by atoms with Crippen molar-refractivity contribution in [3.05, 3.63) is 70.8 Å². The highest BCUT2D eigenvalue weighted by Gasteiger charge is 2.11. The van der Waals surface area contributed by atoms with E-state index >= 15 is 0 Å². The van der Waals surface area contributed by atoms with Crippen LogP contribution >= 0.6 is 15.9 Å². The molecule has 0 atom stereocenters. The van der Waals surface area contributed by atoms with Gasteiger partial charge in [-0.15, -0.1) is 0 Å². The van der Waals surface area contributed by atoms with E-state index in [1.165, 1.54) is 6.21 Å². The van der Waals surface area contributed by atoms with E-state index in [-0.39, 0.29) is 0 Å². The molecular formula is C17H14BrN5O. The van der Waals surface area contributed by atoms with E-state index in [0.717, 1.165) is 27.0 Å². The number of carbonyl (C=O) groups excluding carboxylic acids is 1. The quantitative estimate of drug-likeness (QED) is 0.534. The Labute approximate surface area is 147 Å². The molecule has 7 heteroatoms. The van der Waals surface area contributed by atoms with Crippen LogP contribution in [-0.4, -0.2) is 22.0 Å². The molecular weight excluding hydrogens is 370 g/mol. The van der Waals surface area contributed by atoms with Gasteiger partial charge < -0.3 is 5.73 Å². The maximum atomic E-state index is 10.8. The van der Waals surface area contributed by atoms with Crippen LogP contribution in [0.15, 0.2) is 70.4 Å². The topological polar surface area (TPSA) is 85.3 Å². The van der Waals surface area contributed by atoms with E-state index in [2.05, 4.69) is 31.6 Å². The number of rotatable bonds is 4. The Morgan fingerprint density at radius 3 is 2.71 bits per heavy atom. The fourth-order valence-corrected chi connectivity index (χ4v) is 2.62. The number of nitrogens with zero attached hydrogens (tertiary/aromatic N) is 3. The average molecular weight is 384 g/mol. The van der Waals surface area contributed by atoms with Gasteiger partial charge >= 0.3 is 6.03 Å². The van der Waals surface area contributed by atoms with Crippen LogP contribution in [0.1, 0.15) is 5.56 Å². The maximum Gasteiger partial charge on any atom is 0.332 e. The van der Waals surface area contributed by atoms with Crippen molar-refractivity contribution in [2.24, 2.45) is 10.8 Å². The number of hydrogen-bond donors (Lipinski definition) is 2. The van der Waals surface area contributed by atoms with Crippen LogP contribution in [0.5, 0.6) is 0 Å². The molecule has 0 fully saturated rings. The lowest BCUT2D eigenvalue weighted by molar-refractivity contribution is 0.249. The van der Waals surface area contributed by atoms with Gasteiger partial charge in [-0.3, -0.25) is 0 Å². The third-order valence-electron chi connectivity index (χ3n) is 3.24. The number of aromatic nitrogens is 2. The molecule has 0 bridgehead atoms. The summed E-state index contributed by atoms with van der Waals surface area (Å²) in [5, 5.41) is 8.49. The largest absolute Gasteiger partial charge is 0.350 e. The van der Waals surface area contributed by atoms with Crippen LogP contribution in [0.25, 0.3) is 16.9 Å². The lowest BCUT2D eigenvalue weighted by Gasteiger charge is -2.01. The Bertz CT molecular complexity index is 889. The fourth-order valence-electron chi connectivity index (χ4n) is 2.22. The van der Waals surface area contributed by atoms with E-state index in [9.17, 15) is 4.79 Å². The average Bonchev–Trinajstić information content (AvgIpc) is 2.99. The molecule has 2 amide bonds. The standard InChI is InChI=1S/C17H14BrN5O/c18-14-6-4-5-12(9-14)16-13(10-20-21-17(19)24)11-23(22-16)15-7-2-1-3-8-15/h1-11H,(H3,19,21,24)/b20-10-. The molecule has 0 saturated carbocycles. The van der Waals surface area contributed by atoms with E-state index < -0.39 is 6.03 Å². The van der Waals surface area contributed by atoms with Crippen LogP contribution in [0.3, 0.4) is 0 Å². The number of benzene rings is 2. The molecule has 0 aliphatic rings. The van der Waals surface area contributed by atoms with Crippen molar-refractivity contribution in [3.63, 3.8) is 0 Å². The minimum atomic E-state index is -0.717. The summed E-state index contributed by atoms with van der Waals surface area (Å²) >= 11 is 3.47. The highest BCUT2D eigenvalue weighted by molar-refractivity contribution is 9.10. The van der Waals surface area contributed by atoms with E-state index in [1.54, 1.807) is 4.68 Å². The maximum absolute atomic E-state index is 10.8. The molecule has 120 valence electrons. The summed E-state index contributed by atoms with van der Waals surface area (Å²) in [6.45, 7) is 0. The molecule has 2 aromatic carbocycles. The Balaban J connectivity index is 2.06. The van der Waals surface area contributed by atoms with Crippen LogP contribution in [0, 0.1) is 0 Å². The van der Waals surface area contributed by atoms with Crippen molar-refractivity contribution >= 4 is 28.2 Å². The third-order valence-corrected chi connectivity index (χ3v) is 3.73. The van der Waals surface area contributed by atoms with Crippen LogP contribution in [-0.2, 0) is 0 Å². The SMILES string of the molecule is NC(=O)N/N=C\c1cn(-c2ccccc2)nc1-c1cccc(Br)c1. The smallest absolute Gasteiger partial charge is 0.332 e. The summed E-state index contributed by atoms with van der Waals surface area (Å²) in [6, 6.07) is 16.8. The second-order valence-corrected chi connectivity index (χ2v) is 5.87. The first-order chi connectivity index (χ1) is 11.6. The molecule has 3 rings (SSSR count). The normalized spacial score (nSPS) is 10.9. The highest BCUT2D eigenvalue weighted by Crippen LogP contribution is 2.25. The lowest BCUT2D eigenvalue weighted by atomic mass is 10.1. The molecule has 6 nitrogen and oxygen atoms in total. The molecule has 0 spiro atoms. The summed E-state index contributed by atoms with van der Waals surface area (Å²) in [7, 11) is 0. The van der Waals surface area contributed by atoms with Crippen molar-refractivity contribution in [2.45, 2.75) is 0 Å². The number of nitrogens with one attached hydrogen (secondary N) is 1. The number of primary amides is 1. The predicted octanol–water partition coefficient (Wildman–Crippen LogP) is 3.30. The molecule has 1 aromatic heterocycles. The van der Waals surface area contributed by atoms with Crippen LogP contribution in [0.4, 0.5) is 4.79 Å². The molecule has 0 aliphatic carbocycles. The number of hydrazone groups is 1. The zero-order chi connectivity index (χ0) is 16.9. The summed E-state index contributed by atoms with van der Waals surface area (Å²) < 4.78 is 2.72. The predicted molar refractivity (Wildman–Crippen MR) is 97.0 cm³/mol. The van der Waals surface area contributed by atoms with Gasteiger partial charge in [0, 0.05) is 21.8 Å². The Hall–Kier alpha value is -2.93. The first-order valence-electron chi connectivity index (χ1n) is 7.13. The van der Waals surface area contributed by atoms with Gasteiger partial charge in [0.25, 0.3) is 0 Å². The molecule has 3 N–H and O–H groups in total. The highest BCUT2D eigenvalue weighted by atomic mass is 79.9. The Morgan fingerprint density at radius 2 is 2.00 bits per heavy atom. The number of hydrogen-bond acceptors (Lipinski definition) is 3. The lowest BCUT2D eigenvalue weighted by Crippen LogP contribution is -2.24. The van der Waals surface area contributed by atoms with Crippen molar-refractivity contribution in [3.8, 4) is 16.9 Å². The second kappa shape index (κ2) is 7.10. The number of para-hydroxylation sites is 1. The Kier molecular flexibility index (Phi) is 4.72. The monoisotopic (exact) mass is 383 g/mol. The third kappa shape index (κ3) is 3.69. The number of amides is 2. The van der Waals surface area contributed by atoms with Crippen molar-refractivity contribution < 1.29 is 4.79 Å². The first-order valence-corrected chi connectivity index (χ1v) is 7.92. The van der Waals surface area contributed by atoms with E-state index in [1.807, 2.05) is 60.8 Å². The van der Waals surface area contributed by atoms with Crippen LogP contribution in [0.2, 0.25) is 0 Å². The zero-order valence-electron chi connectivity index (χ0n) is 12.6. The second-order valence-electron chi connectivity index (χ2n) is 4.96. The van der Waals surface area contributed by atoms with Crippen LogP contribution < -0.4 is 11.2 Å². The first kappa shape index (κ1) is 15.9. The van der Waals surface area contributed by atoms with Gasteiger partial charge in [0.05, 0.1) is 11.9 Å². The van der Waals surface area contributed by atoms with Gasteiger partial charge in [0.1, 0.15) is 5.69 Å². The van der Waals surface area contributed by atoms with E-state index in [0.29, 0.717) is 0 Å². The number of nitrogens with two attached hydrogens (primary N) is 1. The van der Waals surface area contributed by atoms with Crippen molar-refractivity contribution in [1.82, 2.24) is 15.2 Å². The van der Waals surface area contributed by atoms with Gasteiger partial charge in [0.15, 0.2) is 0 Å². The molecule has 0 saturated heterocycles. The number of urea groups is 1. The van der Waals surface area contributed by atoms with E-state index in [4.69, 9.17) is 5.73 Å². The Morgan fingerprint density at radius 1 is 1.21 bits per heavy atom. The summed E-state index contributed by atoms with van der Waals surface area (Å²) in [5.74, 6) is 0. The molecule has 0 aliphatic heterocycles. The fraction of sp³-hybridized carbons (Fsp3) is 0. The van der Waals surface area contributed by atoms with Crippen molar-refractivity contribution in [2.75, 3.05) is 0 Å². The number of halogens is 1. The van der Waals surface area contributed by atoms with Gasteiger partial charge in [-0.1, -0.05) is 46.3 Å². The zero-order valence-corrected chi connectivity index (χ0v) is 14.1. The van der Waals surface area contributed by atoms with Gasteiger partial charge in [0.2, 0.25) is 0 Å². The minimum absolute atomic E-state index is 0.717. The number of carbonyl (C=O) groups is 1.